The number of carboxylic acids is 2. The summed E-state index contributed by atoms with van der Waals surface area (Å²) in [7, 11) is 0. The minimum atomic E-state index is -5.08. The Morgan fingerprint density at radius 1 is 1.03 bits per heavy atom. The molecule has 0 bridgehead atoms. The van der Waals surface area contributed by atoms with Crippen LogP contribution in [0.5, 0.6) is 0 Å². The van der Waals surface area contributed by atoms with Crippen molar-refractivity contribution < 1.29 is 55.8 Å². The number of piperidine rings is 1. The molecule has 0 aliphatic carbocycles. The number of aryl methyl sites for hydroxylation is 2. The zero-order valence-corrected chi connectivity index (χ0v) is 18.5. The van der Waals surface area contributed by atoms with Crippen LogP contribution in [0.25, 0.3) is 0 Å². The summed E-state index contributed by atoms with van der Waals surface area (Å²) >= 11 is 0. The van der Waals surface area contributed by atoms with Gasteiger partial charge in [0, 0.05) is 31.4 Å². The van der Waals surface area contributed by atoms with E-state index in [-0.39, 0.29) is 0 Å². The normalized spacial score (nSPS) is 15.8. The smallest absolute Gasteiger partial charge is 0.475 e. The number of halogens is 6. The number of nitrogens with zero attached hydrogens (tertiary/aromatic N) is 3. The number of aliphatic hydroxyl groups is 1. The number of aliphatic carboxylic acids is 2. The van der Waals surface area contributed by atoms with E-state index in [0.29, 0.717) is 12.8 Å². The maximum absolute atomic E-state index is 10.8. The van der Waals surface area contributed by atoms with Gasteiger partial charge in [-0.15, -0.1) is 0 Å². The van der Waals surface area contributed by atoms with Crippen LogP contribution in [0.1, 0.15) is 35.6 Å². The van der Waals surface area contributed by atoms with Crippen LogP contribution in [0, 0.1) is 13.8 Å². The van der Waals surface area contributed by atoms with Gasteiger partial charge in [0.25, 0.3) is 0 Å². The Labute approximate surface area is 195 Å². The average Bonchev–Trinajstić information content (AvgIpc) is 3.07. The van der Waals surface area contributed by atoms with E-state index in [1.807, 2.05) is 32.0 Å². The van der Waals surface area contributed by atoms with E-state index in [0.717, 1.165) is 36.8 Å². The van der Waals surface area contributed by atoms with Gasteiger partial charge in [0.1, 0.15) is 11.4 Å². The highest BCUT2D eigenvalue weighted by atomic mass is 19.4. The van der Waals surface area contributed by atoms with Crippen molar-refractivity contribution in [3.8, 4) is 0 Å². The molecule has 0 aromatic carbocycles. The standard InChI is InChI=1S/C16H21N3O2.2C2HF3O2/c1-12-14(13(2)21-18-12)11-19-9-6-16(20,7-10-19)15-5-3-4-8-17-15;2*3-2(4,5)1(6)7/h3-5,8,20H,6-7,9-11H2,1-2H3;2*(H,6,7). The first-order valence-electron chi connectivity index (χ1n) is 9.85. The number of rotatable bonds is 3. The fourth-order valence-electron chi connectivity index (χ4n) is 2.93. The third-order valence-corrected chi connectivity index (χ3v) is 4.87. The van der Waals surface area contributed by atoms with Gasteiger partial charge in [0.15, 0.2) is 0 Å². The minimum Gasteiger partial charge on any atom is -0.475 e. The molecule has 0 amide bonds. The highest BCUT2D eigenvalue weighted by molar-refractivity contribution is 5.73. The van der Waals surface area contributed by atoms with Gasteiger partial charge in [-0.1, -0.05) is 11.2 Å². The number of carbonyl (C=O) groups is 2. The number of hydrogen-bond donors (Lipinski definition) is 3. The first-order valence-corrected chi connectivity index (χ1v) is 9.85. The second-order valence-electron chi connectivity index (χ2n) is 7.43. The summed E-state index contributed by atoms with van der Waals surface area (Å²) in [6.07, 6.45) is -7.02. The van der Waals surface area contributed by atoms with E-state index in [9.17, 15) is 31.4 Å². The van der Waals surface area contributed by atoms with Crippen LogP contribution >= 0.6 is 0 Å². The number of aromatic nitrogens is 2. The lowest BCUT2D eigenvalue weighted by Gasteiger charge is -2.37. The van der Waals surface area contributed by atoms with E-state index in [2.05, 4.69) is 15.0 Å². The maximum Gasteiger partial charge on any atom is 0.490 e. The number of pyridine rings is 1. The van der Waals surface area contributed by atoms with Gasteiger partial charge in [-0.05, 0) is 38.8 Å². The summed E-state index contributed by atoms with van der Waals surface area (Å²) in [4.78, 5) is 24.4. The SMILES string of the molecule is Cc1noc(C)c1CN1CCC(O)(c2ccccn2)CC1.O=C(O)C(F)(F)F.O=C(O)C(F)(F)F. The van der Waals surface area contributed by atoms with Crippen molar-refractivity contribution >= 4 is 11.9 Å². The molecule has 0 saturated carbocycles. The fraction of sp³-hybridized carbons (Fsp3) is 0.500. The van der Waals surface area contributed by atoms with Crippen LogP contribution in [0.15, 0.2) is 28.9 Å². The molecule has 35 heavy (non-hydrogen) atoms. The highest BCUT2D eigenvalue weighted by Crippen LogP contribution is 2.32. The Morgan fingerprint density at radius 3 is 1.86 bits per heavy atom. The molecule has 2 aromatic rings. The fourth-order valence-corrected chi connectivity index (χ4v) is 2.93. The number of likely N-dealkylation sites (tertiary alicyclic amines) is 1. The van der Waals surface area contributed by atoms with Crippen LogP contribution in [0.4, 0.5) is 26.3 Å². The number of alkyl halides is 6. The summed E-state index contributed by atoms with van der Waals surface area (Å²) in [6.45, 7) is 6.44. The van der Waals surface area contributed by atoms with Crippen LogP contribution in [0.2, 0.25) is 0 Å². The summed E-state index contributed by atoms with van der Waals surface area (Å²) in [5.41, 5.74) is 2.11. The third kappa shape index (κ3) is 9.52. The molecule has 15 heteroatoms. The van der Waals surface area contributed by atoms with E-state index >= 15 is 0 Å². The van der Waals surface area contributed by atoms with Gasteiger partial charge in [0.2, 0.25) is 0 Å². The molecule has 3 heterocycles. The Balaban J connectivity index is 0.000000362. The van der Waals surface area contributed by atoms with Crippen molar-refractivity contribution in [2.45, 2.75) is 51.2 Å². The molecule has 2 aromatic heterocycles. The third-order valence-electron chi connectivity index (χ3n) is 4.87. The zero-order valence-electron chi connectivity index (χ0n) is 18.5. The lowest BCUT2D eigenvalue weighted by atomic mass is 9.87. The molecule has 0 radical (unpaired) electrons. The molecule has 1 aliphatic rings. The van der Waals surface area contributed by atoms with Crippen molar-refractivity contribution in [1.29, 1.82) is 0 Å². The van der Waals surface area contributed by atoms with E-state index in [1.165, 1.54) is 5.56 Å². The van der Waals surface area contributed by atoms with Crippen molar-refractivity contribution in [2.24, 2.45) is 0 Å². The molecule has 1 saturated heterocycles. The summed E-state index contributed by atoms with van der Waals surface area (Å²) in [5.74, 6) is -4.63. The van der Waals surface area contributed by atoms with Gasteiger partial charge < -0.3 is 19.8 Å². The zero-order chi connectivity index (χ0) is 27.0. The molecule has 0 spiro atoms. The molecule has 3 rings (SSSR count). The quantitative estimate of drug-likeness (QED) is 0.525. The molecule has 1 fully saturated rings. The predicted molar refractivity (Wildman–Crippen MR) is 106 cm³/mol. The van der Waals surface area contributed by atoms with Crippen molar-refractivity contribution in [3.63, 3.8) is 0 Å². The Hall–Kier alpha value is -3.20. The summed E-state index contributed by atoms with van der Waals surface area (Å²) in [5, 5.41) is 29.0. The lowest BCUT2D eigenvalue weighted by Crippen LogP contribution is -2.42. The molecule has 3 N–H and O–H groups in total. The number of carboxylic acid groups (broad SMARTS) is 2. The molecule has 9 nitrogen and oxygen atoms in total. The molecule has 0 atom stereocenters. The van der Waals surface area contributed by atoms with E-state index in [1.54, 1.807) is 6.20 Å². The van der Waals surface area contributed by atoms with Crippen LogP contribution < -0.4 is 0 Å². The summed E-state index contributed by atoms with van der Waals surface area (Å²) < 4.78 is 68.7. The maximum atomic E-state index is 10.8. The first-order chi connectivity index (χ1) is 16.0. The van der Waals surface area contributed by atoms with Crippen molar-refractivity contribution in [1.82, 2.24) is 15.0 Å². The topological polar surface area (TPSA) is 137 Å². The van der Waals surface area contributed by atoms with Gasteiger partial charge in [0.05, 0.1) is 11.4 Å². The first kappa shape index (κ1) is 29.8. The highest BCUT2D eigenvalue weighted by Gasteiger charge is 2.39. The van der Waals surface area contributed by atoms with Gasteiger partial charge in [-0.3, -0.25) is 9.88 Å². The van der Waals surface area contributed by atoms with Crippen molar-refractivity contribution in [2.75, 3.05) is 13.1 Å². The molecular formula is C20H23F6N3O6. The summed E-state index contributed by atoms with van der Waals surface area (Å²) in [6, 6.07) is 5.71. The van der Waals surface area contributed by atoms with Crippen molar-refractivity contribution in [3.05, 3.63) is 47.1 Å². The second kappa shape index (κ2) is 12.0. The number of hydrogen-bond acceptors (Lipinski definition) is 7. The van der Waals surface area contributed by atoms with Gasteiger partial charge in [-0.2, -0.15) is 26.3 Å². The second-order valence-corrected chi connectivity index (χ2v) is 7.43. The minimum absolute atomic E-state index is 0.702. The average molecular weight is 515 g/mol. The van der Waals surface area contributed by atoms with Gasteiger partial charge >= 0.3 is 24.3 Å². The Bertz CT molecular complexity index is 926. The predicted octanol–water partition coefficient (Wildman–Crippen LogP) is 3.44. The molecule has 196 valence electrons. The molecule has 1 aliphatic heterocycles. The Morgan fingerprint density at radius 2 is 1.51 bits per heavy atom. The molecular weight excluding hydrogens is 492 g/mol. The van der Waals surface area contributed by atoms with Crippen LogP contribution in [0.3, 0.4) is 0 Å². The largest absolute Gasteiger partial charge is 0.490 e. The van der Waals surface area contributed by atoms with E-state index < -0.39 is 29.9 Å². The van der Waals surface area contributed by atoms with Crippen LogP contribution in [-0.2, 0) is 21.7 Å². The Kier molecular flexibility index (Phi) is 10.2. The van der Waals surface area contributed by atoms with Crippen LogP contribution in [-0.4, -0.2) is 67.7 Å². The molecule has 0 unspecified atom stereocenters. The monoisotopic (exact) mass is 515 g/mol. The van der Waals surface area contributed by atoms with Gasteiger partial charge in [-0.25, -0.2) is 9.59 Å². The lowest BCUT2D eigenvalue weighted by molar-refractivity contribution is -0.193. The van der Waals surface area contributed by atoms with E-state index in [4.69, 9.17) is 24.3 Å².